The topological polar surface area (TPSA) is 75.4 Å². The first kappa shape index (κ1) is 11.0. The van der Waals surface area contributed by atoms with Crippen LogP contribution in [-0.4, -0.2) is 29.4 Å². The summed E-state index contributed by atoms with van der Waals surface area (Å²) >= 11 is 0. The van der Waals surface area contributed by atoms with Crippen molar-refractivity contribution in [3.63, 3.8) is 0 Å². The lowest BCUT2D eigenvalue weighted by Gasteiger charge is -2.24. The normalized spacial score (nSPS) is 18.0. The number of nitrogens with two attached hydrogens (primary N) is 1. The first-order valence-electron chi connectivity index (χ1n) is 4.98. The highest BCUT2D eigenvalue weighted by Gasteiger charge is 2.21. The van der Waals surface area contributed by atoms with Crippen LogP contribution in [0.5, 0.6) is 0 Å². The molecule has 0 aromatic carbocycles. The molecule has 80 valence electrons. The van der Waals surface area contributed by atoms with E-state index in [1.54, 1.807) is 0 Å². The molecule has 0 atom stereocenters. The summed E-state index contributed by atoms with van der Waals surface area (Å²) in [7, 11) is 0. The van der Waals surface area contributed by atoms with Crippen molar-refractivity contribution in [2.24, 2.45) is 5.84 Å². The summed E-state index contributed by atoms with van der Waals surface area (Å²) in [5.41, 5.74) is 0. The minimum Gasteiger partial charge on any atom is -0.334 e. The zero-order chi connectivity index (χ0) is 10.6. The van der Waals surface area contributed by atoms with E-state index < -0.39 is 0 Å². The number of urea groups is 1. The maximum Gasteiger partial charge on any atom is 0.331 e. The first-order chi connectivity index (χ1) is 6.63. The molecule has 5 nitrogen and oxygen atoms in total. The SMILES string of the molecule is CCN(N)C(=O)NC1CCC(=O)CC1. The van der Waals surface area contributed by atoms with E-state index in [-0.39, 0.29) is 17.9 Å². The zero-order valence-corrected chi connectivity index (χ0v) is 8.45. The molecule has 0 unspecified atom stereocenters. The molecule has 0 bridgehead atoms. The van der Waals surface area contributed by atoms with Gasteiger partial charge in [0.15, 0.2) is 0 Å². The highest BCUT2D eigenvalue weighted by atomic mass is 16.2. The number of amides is 2. The van der Waals surface area contributed by atoms with Crippen molar-refractivity contribution in [1.82, 2.24) is 10.3 Å². The Labute approximate surface area is 83.6 Å². The van der Waals surface area contributed by atoms with E-state index in [9.17, 15) is 9.59 Å². The molecule has 0 radical (unpaired) electrons. The number of hydrogen-bond acceptors (Lipinski definition) is 3. The molecule has 0 heterocycles. The Morgan fingerprint density at radius 2 is 2.14 bits per heavy atom. The summed E-state index contributed by atoms with van der Waals surface area (Å²) in [5.74, 6) is 5.70. The molecule has 0 aromatic rings. The number of nitrogens with one attached hydrogen (secondary N) is 1. The van der Waals surface area contributed by atoms with Gasteiger partial charge < -0.3 is 5.32 Å². The van der Waals surface area contributed by atoms with Crippen LogP contribution in [0.3, 0.4) is 0 Å². The monoisotopic (exact) mass is 199 g/mol. The molecule has 3 N–H and O–H groups in total. The smallest absolute Gasteiger partial charge is 0.331 e. The zero-order valence-electron chi connectivity index (χ0n) is 8.45. The second-order valence-electron chi connectivity index (χ2n) is 3.55. The molecule has 0 saturated heterocycles. The van der Waals surface area contributed by atoms with Gasteiger partial charge in [-0.3, -0.25) is 9.80 Å². The van der Waals surface area contributed by atoms with Gasteiger partial charge in [0.25, 0.3) is 0 Å². The summed E-state index contributed by atoms with van der Waals surface area (Å²) in [6.45, 7) is 2.29. The molecular formula is C9H17N3O2. The van der Waals surface area contributed by atoms with Gasteiger partial charge in [-0.25, -0.2) is 10.6 Å². The molecule has 1 aliphatic carbocycles. The van der Waals surface area contributed by atoms with Crippen LogP contribution in [0.4, 0.5) is 4.79 Å². The Balaban J connectivity index is 2.30. The minimum absolute atomic E-state index is 0.109. The average Bonchev–Trinajstić information content (AvgIpc) is 2.20. The fourth-order valence-electron chi connectivity index (χ4n) is 1.49. The van der Waals surface area contributed by atoms with Crippen LogP contribution in [0.1, 0.15) is 32.6 Å². The lowest BCUT2D eigenvalue weighted by molar-refractivity contribution is -0.120. The maximum atomic E-state index is 11.3. The number of nitrogens with zero attached hydrogens (tertiary/aromatic N) is 1. The highest BCUT2D eigenvalue weighted by molar-refractivity contribution is 5.80. The molecule has 0 aromatic heterocycles. The number of hydrogen-bond donors (Lipinski definition) is 2. The van der Waals surface area contributed by atoms with Gasteiger partial charge in [0.1, 0.15) is 5.78 Å². The second-order valence-corrected chi connectivity index (χ2v) is 3.55. The Hall–Kier alpha value is -1.10. The molecule has 1 fully saturated rings. The Bertz CT molecular complexity index is 220. The predicted molar refractivity (Wildman–Crippen MR) is 52.4 cm³/mol. The quantitative estimate of drug-likeness (QED) is 0.384. The largest absolute Gasteiger partial charge is 0.334 e. The van der Waals surface area contributed by atoms with E-state index in [1.165, 1.54) is 0 Å². The second kappa shape index (κ2) is 4.95. The molecule has 2 amide bonds. The number of ketones is 1. The average molecular weight is 199 g/mol. The third-order valence-corrected chi connectivity index (χ3v) is 2.47. The van der Waals surface area contributed by atoms with Gasteiger partial charge in [0.05, 0.1) is 0 Å². The van der Waals surface area contributed by atoms with Gasteiger partial charge in [-0.15, -0.1) is 0 Å². The van der Waals surface area contributed by atoms with Crippen molar-refractivity contribution < 1.29 is 9.59 Å². The fraction of sp³-hybridized carbons (Fsp3) is 0.778. The minimum atomic E-state index is -0.258. The summed E-state index contributed by atoms with van der Waals surface area (Å²) < 4.78 is 0. The number of carbonyl (C=O) groups is 2. The van der Waals surface area contributed by atoms with Crippen molar-refractivity contribution in [3.05, 3.63) is 0 Å². The maximum absolute atomic E-state index is 11.3. The van der Waals surface area contributed by atoms with Gasteiger partial charge in [-0.1, -0.05) is 0 Å². The van der Waals surface area contributed by atoms with E-state index in [0.717, 1.165) is 17.9 Å². The van der Waals surface area contributed by atoms with E-state index in [1.807, 2.05) is 6.92 Å². The van der Waals surface area contributed by atoms with Crippen molar-refractivity contribution in [2.75, 3.05) is 6.54 Å². The van der Waals surface area contributed by atoms with Crippen LogP contribution in [0.2, 0.25) is 0 Å². The van der Waals surface area contributed by atoms with Crippen LogP contribution in [0.25, 0.3) is 0 Å². The fourth-order valence-corrected chi connectivity index (χ4v) is 1.49. The van der Waals surface area contributed by atoms with E-state index in [0.29, 0.717) is 19.4 Å². The summed E-state index contributed by atoms with van der Waals surface area (Å²) in [6.07, 6.45) is 2.62. The van der Waals surface area contributed by atoms with Gasteiger partial charge in [0, 0.05) is 25.4 Å². The van der Waals surface area contributed by atoms with Gasteiger partial charge in [0.2, 0.25) is 0 Å². The van der Waals surface area contributed by atoms with Gasteiger partial charge >= 0.3 is 6.03 Å². The summed E-state index contributed by atoms with van der Waals surface area (Å²) in [5, 5.41) is 3.94. The van der Waals surface area contributed by atoms with E-state index in [4.69, 9.17) is 5.84 Å². The van der Waals surface area contributed by atoms with Crippen molar-refractivity contribution >= 4 is 11.8 Å². The van der Waals surface area contributed by atoms with Crippen LogP contribution in [-0.2, 0) is 4.79 Å². The van der Waals surface area contributed by atoms with Crippen molar-refractivity contribution in [3.8, 4) is 0 Å². The van der Waals surface area contributed by atoms with Crippen molar-refractivity contribution in [1.29, 1.82) is 0 Å². The number of rotatable bonds is 2. The molecular weight excluding hydrogens is 182 g/mol. The molecule has 1 saturated carbocycles. The molecule has 1 rings (SSSR count). The number of hydrazine groups is 1. The van der Waals surface area contributed by atoms with Crippen LogP contribution >= 0.6 is 0 Å². The Morgan fingerprint density at radius 3 is 2.64 bits per heavy atom. The third kappa shape index (κ3) is 2.99. The molecule has 5 heteroatoms. The molecule has 1 aliphatic rings. The lowest BCUT2D eigenvalue weighted by Crippen LogP contribution is -2.49. The van der Waals surface area contributed by atoms with Crippen LogP contribution in [0, 0.1) is 0 Å². The van der Waals surface area contributed by atoms with Crippen LogP contribution in [0.15, 0.2) is 0 Å². The van der Waals surface area contributed by atoms with Gasteiger partial charge in [-0.2, -0.15) is 0 Å². The number of carbonyl (C=O) groups excluding carboxylic acids is 2. The predicted octanol–water partition coefficient (Wildman–Crippen LogP) is 0.403. The van der Waals surface area contributed by atoms with Gasteiger partial charge in [-0.05, 0) is 19.8 Å². The lowest BCUT2D eigenvalue weighted by atomic mass is 9.94. The Morgan fingerprint density at radius 1 is 1.57 bits per heavy atom. The molecule has 14 heavy (non-hydrogen) atoms. The van der Waals surface area contributed by atoms with E-state index >= 15 is 0 Å². The standard InChI is InChI=1S/C9H17N3O2/c1-2-12(10)9(14)11-7-3-5-8(13)6-4-7/h7H,2-6,10H2,1H3,(H,11,14). The summed E-state index contributed by atoms with van der Waals surface area (Å²) in [4.78, 5) is 22.3. The number of Topliss-reactive ketones (excluding diaryl/α,β-unsaturated/α-hetero) is 1. The summed E-state index contributed by atoms with van der Waals surface area (Å²) in [6, 6.07) is -0.148. The van der Waals surface area contributed by atoms with Crippen molar-refractivity contribution in [2.45, 2.75) is 38.6 Å². The molecule has 0 spiro atoms. The first-order valence-corrected chi connectivity index (χ1v) is 4.98. The third-order valence-electron chi connectivity index (χ3n) is 2.47. The highest BCUT2D eigenvalue weighted by Crippen LogP contribution is 2.14. The van der Waals surface area contributed by atoms with E-state index in [2.05, 4.69) is 5.32 Å². The Kier molecular flexibility index (Phi) is 3.88. The van der Waals surface area contributed by atoms with Crippen LogP contribution < -0.4 is 11.2 Å². The molecule has 0 aliphatic heterocycles.